The molecule has 0 spiro atoms. The molecule has 0 aliphatic heterocycles. The predicted octanol–water partition coefficient (Wildman–Crippen LogP) is 1.95. The van der Waals surface area contributed by atoms with Gasteiger partial charge in [0, 0.05) is 4.11 Å². The van der Waals surface area contributed by atoms with E-state index in [1.807, 2.05) is 0 Å². The maximum Gasteiger partial charge on any atom is 0.0619 e. The summed E-state index contributed by atoms with van der Waals surface area (Å²) in [6.45, 7) is -0.794. The zero-order valence-corrected chi connectivity index (χ0v) is 5.85. The molecule has 1 N–H and O–H groups in total. The molecule has 0 saturated heterocycles. The van der Waals surface area contributed by atoms with Crippen LogP contribution in [0.25, 0.3) is 0 Å². The van der Waals surface area contributed by atoms with Crippen LogP contribution in [0.3, 0.4) is 0 Å². The highest BCUT2D eigenvalue weighted by molar-refractivity contribution is 4.80. The summed E-state index contributed by atoms with van der Waals surface area (Å²) >= 11 is 0. The third kappa shape index (κ3) is 1.68. The summed E-state index contributed by atoms with van der Waals surface area (Å²) in [4.78, 5) is 0. The minimum absolute atomic E-state index is 0.0370. The van der Waals surface area contributed by atoms with Crippen LogP contribution >= 0.6 is 0 Å². The van der Waals surface area contributed by atoms with Crippen LogP contribution in [0.4, 0.5) is 0 Å². The van der Waals surface area contributed by atoms with Crippen molar-refractivity contribution in [1.82, 2.24) is 0 Å². The minimum atomic E-state index is -2.23. The van der Waals surface area contributed by atoms with Crippen LogP contribution in [0, 0.1) is 5.92 Å². The molecule has 1 nitrogen and oxygen atoms in total. The third-order valence-corrected chi connectivity index (χ3v) is 2.15. The first-order valence-corrected chi connectivity index (χ1v) is 3.58. The predicted molar refractivity (Wildman–Crippen MR) is 38.3 cm³/mol. The average molecular weight is 131 g/mol. The molecule has 1 aliphatic carbocycles. The van der Waals surface area contributed by atoms with Gasteiger partial charge in [-0.2, -0.15) is 0 Å². The molecule has 54 valence electrons. The van der Waals surface area contributed by atoms with Gasteiger partial charge in [0.25, 0.3) is 0 Å². The fraction of sp³-hybridized carbons (Fsp3) is 1.00. The molecule has 1 heteroatoms. The normalized spacial score (nSPS) is 34.7. The third-order valence-electron chi connectivity index (χ3n) is 2.15. The second kappa shape index (κ2) is 2.30. The summed E-state index contributed by atoms with van der Waals surface area (Å²) < 4.78 is 21.5. The van der Waals surface area contributed by atoms with E-state index in [0.29, 0.717) is 0 Å². The van der Waals surface area contributed by atoms with Crippen LogP contribution in [-0.2, 0) is 0 Å². The van der Waals surface area contributed by atoms with Gasteiger partial charge in [-0.25, -0.2) is 0 Å². The van der Waals surface area contributed by atoms with Gasteiger partial charge in [0.2, 0.25) is 0 Å². The van der Waals surface area contributed by atoms with Crippen LogP contribution < -0.4 is 0 Å². The summed E-state index contributed by atoms with van der Waals surface area (Å²) in [5.74, 6) is -0.0370. The monoisotopic (exact) mass is 131 g/mol. The first-order valence-electron chi connectivity index (χ1n) is 5.08. The average Bonchev–Trinajstić information content (AvgIpc) is 2.34. The second-order valence-electron chi connectivity index (χ2n) is 3.13. The van der Waals surface area contributed by atoms with Gasteiger partial charge >= 0.3 is 0 Å². The first kappa shape index (κ1) is 3.97. The van der Waals surface area contributed by atoms with E-state index in [-0.39, 0.29) is 5.92 Å². The van der Waals surface area contributed by atoms with Crippen molar-refractivity contribution in [3.63, 3.8) is 0 Å². The highest BCUT2D eigenvalue weighted by Gasteiger charge is 2.28. The van der Waals surface area contributed by atoms with E-state index in [1.54, 1.807) is 0 Å². The Morgan fingerprint density at radius 1 is 1.56 bits per heavy atom. The Kier molecular flexibility index (Phi) is 1.01. The smallest absolute Gasteiger partial charge is 0.0619 e. The molecule has 0 aromatic carbocycles. The lowest BCUT2D eigenvalue weighted by Crippen LogP contribution is -2.28. The molecule has 0 bridgehead atoms. The molecule has 1 atom stereocenters. The molecular formula is C8H16O. The van der Waals surface area contributed by atoms with Gasteiger partial charge < -0.3 is 5.11 Å². The van der Waals surface area contributed by atoms with E-state index >= 15 is 0 Å². The topological polar surface area (TPSA) is 20.2 Å². The Labute approximate surface area is 61.3 Å². The highest BCUT2D eigenvalue weighted by Crippen LogP contribution is 2.33. The van der Waals surface area contributed by atoms with Crippen LogP contribution in [-0.4, -0.2) is 10.7 Å². The van der Waals surface area contributed by atoms with Crippen molar-refractivity contribution in [1.29, 1.82) is 0 Å². The van der Waals surface area contributed by atoms with E-state index < -0.39 is 12.5 Å². The lowest BCUT2D eigenvalue weighted by Gasteiger charge is -2.24. The number of hydrogen-bond acceptors (Lipinski definition) is 1. The lowest BCUT2D eigenvalue weighted by molar-refractivity contribution is 0.0201. The molecule has 9 heavy (non-hydrogen) atoms. The van der Waals surface area contributed by atoms with E-state index in [1.165, 1.54) is 6.92 Å². The van der Waals surface area contributed by atoms with Gasteiger partial charge in [-0.3, -0.25) is 0 Å². The zero-order chi connectivity index (χ0) is 9.41. The quantitative estimate of drug-likeness (QED) is 0.576. The standard InChI is InChI=1S/C8H16O/c1-8(2,9)7-5-3-4-6-7/h7,9H,3-6H2,1-2H3/i1D3/t8-/m1/s1. The fourth-order valence-corrected chi connectivity index (χ4v) is 1.49. The zero-order valence-electron chi connectivity index (χ0n) is 8.85. The van der Waals surface area contributed by atoms with E-state index in [0.717, 1.165) is 25.7 Å². The summed E-state index contributed by atoms with van der Waals surface area (Å²) in [5.41, 5.74) is -1.48. The fourth-order valence-electron chi connectivity index (χ4n) is 1.49. The largest absolute Gasteiger partial charge is 0.390 e. The van der Waals surface area contributed by atoms with Crippen LogP contribution in [0.1, 0.15) is 43.6 Å². The van der Waals surface area contributed by atoms with Crippen molar-refractivity contribution < 1.29 is 9.22 Å². The maximum absolute atomic E-state index is 9.79. The Balaban J connectivity index is 2.69. The van der Waals surface area contributed by atoms with E-state index in [4.69, 9.17) is 4.11 Å². The van der Waals surface area contributed by atoms with Crippen molar-refractivity contribution in [2.45, 2.75) is 45.1 Å². The molecule has 1 fully saturated rings. The molecule has 0 aromatic heterocycles. The van der Waals surface area contributed by atoms with Gasteiger partial charge in [-0.1, -0.05) is 12.8 Å². The molecule has 0 aromatic rings. The summed E-state index contributed by atoms with van der Waals surface area (Å²) in [6, 6.07) is 0. The van der Waals surface area contributed by atoms with E-state index in [2.05, 4.69) is 0 Å². The Morgan fingerprint density at radius 3 is 2.56 bits per heavy atom. The summed E-state index contributed by atoms with van der Waals surface area (Å²) in [5, 5.41) is 9.79. The van der Waals surface area contributed by atoms with E-state index in [9.17, 15) is 5.11 Å². The second-order valence-corrected chi connectivity index (χ2v) is 3.13. The van der Waals surface area contributed by atoms with Crippen molar-refractivity contribution in [2.75, 3.05) is 0 Å². The Bertz CT molecular complexity index is 156. The molecule has 0 amide bonds. The molecule has 0 heterocycles. The van der Waals surface area contributed by atoms with Crippen molar-refractivity contribution in [3.8, 4) is 0 Å². The molecule has 1 saturated carbocycles. The van der Waals surface area contributed by atoms with Crippen molar-refractivity contribution in [3.05, 3.63) is 0 Å². The summed E-state index contributed by atoms with van der Waals surface area (Å²) in [7, 11) is 0. The molecule has 0 radical (unpaired) electrons. The van der Waals surface area contributed by atoms with Gasteiger partial charge in [-0.15, -0.1) is 0 Å². The van der Waals surface area contributed by atoms with Crippen molar-refractivity contribution in [2.24, 2.45) is 5.92 Å². The molecule has 1 aliphatic rings. The molecule has 1 rings (SSSR count). The number of rotatable bonds is 1. The van der Waals surface area contributed by atoms with Gasteiger partial charge in [0.15, 0.2) is 0 Å². The van der Waals surface area contributed by atoms with Crippen LogP contribution in [0.5, 0.6) is 0 Å². The highest BCUT2D eigenvalue weighted by atomic mass is 16.3. The van der Waals surface area contributed by atoms with Gasteiger partial charge in [0.1, 0.15) is 0 Å². The SMILES string of the molecule is [2H]C([2H])([2H])[C@](C)(O)C1CCCC1. The summed E-state index contributed by atoms with van der Waals surface area (Å²) in [6.07, 6.45) is 3.81. The first-order chi connectivity index (χ1) is 5.36. The molecule has 0 unspecified atom stereocenters. The van der Waals surface area contributed by atoms with Gasteiger partial charge in [-0.05, 0) is 32.5 Å². The minimum Gasteiger partial charge on any atom is -0.390 e. The Morgan fingerprint density at radius 2 is 2.11 bits per heavy atom. The van der Waals surface area contributed by atoms with Gasteiger partial charge in [0.05, 0.1) is 5.60 Å². The number of aliphatic hydroxyl groups is 1. The maximum atomic E-state index is 9.79. The lowest BCUT2D eigenvalue weighted by atomic mass is 9.90. The Hall–Kier alpha value is -0.0400. The number of hydrogen-bond donors (Lipinski definition) is 1. The van der Waals surface area contributed by atoms with Crippen molar-refractivity contribution >= 4 is 0 Å². The van der Waals surface area contributed by atoms with Crippen LogP contribution in [0.15, 0.2) is 0 Å². The van der Waals surface area contributed by atoms with Crippen LogP contribution in [0.2, 0.25) is 0 Å². The molecular weight excluding hydrogens is 112 g/mol.